The van der Waals surface area contributed by atoms with E-state index in [0.29, 0.717) is 5.25 Å². The van der Waals surface area contributed by atoms with Gasteiger partial charge in [0, 0.05) is 10.1 Å². The highest BCUT2D eigenvalue weighted by Crippen LogP contribution is 2.29. The molecule has 112 valence electrons. The molecule has 0 radical (unpaired) electrons. The second-order valence-corrected chi connectivity index (χ2v) is 7.04. The summed E-state index contributed by atoms with van der Waals surface area (Å²) in [7, 11) is 0. The Morgan fingerprint density at radius 1 is 1.10 bits per heavy atom. The number of benzene rings is 1. The summed E-state index contributed by atoms with van der Waals surface area (Å²) >= 11 is 2.02. The molecule has 20 heavy (non-hydrogen) atoms. The van der Waals surface area contributed by atoms with Crippen molar-refractivity contribution in [2.75, 3.05) is 0 Å². The zero-order valence-corrected chi connectivity index (χ0v) is 14.4. The third kappa shape index (κ3) is 7.19. The molecule has 0 bridgehead atoms. The van der Waals surface area contributed by atoms with Gasteiger partial charge >= 0.3 is 0 Å². The van der Waals surface area contributed by atoms with Crippen LogP contribution in [0.4, 0.5) is 0 Å². The lowest BCUT2D eigenvalue weighted by Crippen LogP contribution is -2.00. The normalized spacial score (nSPS) is 13.5. The molecule has 0 heterocycles. The number of hydrogen-bond donors (Lipinski definition) is 0. The maximum atomic E-state index is 2.51. The molecule has 0 aliphatic rings. The van der Waals surface area contributed by atoms with Crippen molar-refractivity contribution in [1.82, 2.24) is 0 Å². The quantitative estimate of drug-likeness (QED) is 0.356. The molecule has 0 saturated heterocycles. The summed E-state index contributed by atoms with van der Waals surface area (Å²) < 4.78 is 0. The molecular weight excluding hydrogens is 260 g/mol. The number of aryl methyl sites for hydroxylation is 1. The zero-order chi connectivity index (χ0) is 14.8. The third-order valence-corrected chi connectivity index (χ3v) is 4.76. The van der Waals surface area contributed by atoms with Crippen molar-refractivity contribution in [2.24, 2.45) is 0 Å². The molecule has 0 nitrogen and oxygen atoms in total. The monoisotopic (exact) mass is 290 g/mol. The number of unbranched alkanes of at least 4 members (excludes halogenated alkanes) is 2. The Labute approximate surface area is 130 Å². The Morgan fingerprint density at radius 2 is 1.75 bits per heavy atom. The fourth-order valence-electron chi connectivity index (χ4n) is 2.23. The number of allylic oxidation sites excluding steroid dienone is 1. The summed E-state index contributed by atoms with van der Waals surface area (Å²) in [6.07, 6.45) is 10.3. The van der Waals surface area contributed by atoms with Crippen LogP contribution in [-0.2, 0) is 0 Å². The predicted octanol–water partition coefficient (Wildman–Crippen LogP) is 6.78. The fraction of sp³-hybridized carbons (Fsp3) is 0.579. The maximum absolute atomic E-state index is 2.51. The topological polar surface area (TPSA) is 0 Å². The minimum Gasteiger partial charge on any atom is -0.119 e. The van der Waals surface area contributed by atoms with Crippen molar-refractivity contribution in [2.45, 2.75) is 76.4 Å². The smallest absolute Gasteiger partial charge is 0.0276 e. The molecule has 0 aromatic heterocycles. The van der Waals surface area contributed by atoms with E-state index in [4.69, 9.17) is 0 Å². The van der Waals surface area contributed by atoms with Crippen LogP contribution in [0.3, 0.4) is 0 Å². The zero-order valence-electron chi connectivity index (χ0n) is 13.6. The van der Waals surface area contributed by atoms with Gasteiger partial charge in [0.2, 0.25) is 0 Å². The molecule has 0 aliphatic heterocycles. The highest BCUT2D eigenvalue weighted by Gasteiger charge is 2.08. The van der Waals surface area contributed by atoms with Crippen molar-refractivity contribution in [3.8, 4) is 0 Å². The van der Waals surface area contributed by atoms with Gasteiger partial charge in [0.15, 0.2) is 0 Å². The molecule has 0 aliphatic carbocycles. The van der Waals surface area contributed by atoms with Crippen LogP contribution in [-0.4, -0.2) is 5.25 Å². The van der Waals surface area contributed by atoms with Gasteiger partial charge in [-0.3, -0.25) is 0 Å². The first-order valence-electron chi connectivity index (χ1n) is 8.06. The van der Waals surface area contributed by atoms with Crippen LogP contribution in [0.25, 0.3) is 0 Å². The van der Waals surface area contributed by atoms with Crippen LogP contribution in [0, 0.1) is 6.92 Å². The first-order valence-corrected chi connectivity index (χ1v) is 8.94. The molecule has 1 atom stereocenters. The minimum atomic E-state index is 0.634. The van der Waals surface area contributed by atoms with Crippen LogP contribution >= 0.6 is 11.8 Å². The molecule has 1 aromatic carbocycles. The summed E-state index contributed by atoms with van der Waals surface area (Å²) in [5.74, 6) is 0. The second-order valence-electron chi connectivity index (χ2n) is 5.73. The molecule has 0 amide bonds. The number of rotatable bonds is 9. The number of thioether (sulfide) groups is 1. The van der Waals surface area contributed by atoms with Crippen molar-refractivity contribution in [3.63, 3.8) is 0 Å². The van der Waals surface area contributed by atoms with Crippen molar-refractivity contribution >= 4 is 11.8 Å². The first kappa shape index (κ1) is 17.4. The van der Waals surface area contributed by atoms with Gasteiger partial charge in [-0.2, -0.15) is 0 Å². The second kappa shape index (κ2) is 10.1. The Hall–Kier alpha value is -0.690. The van der Waals surface area contributed by atoms with Crippen LogP contribution in [0.5, 0.6) is 0 Å². The molecular formula is C19H30S. The molecule has 0 fully saturated rings. The summed E-state index contributed by atoms with van der Waals surface area (Å²) in [5.41, 5.74) is 2.90. The van der Waals surface area contributed by atoms with E-state index in [-0.39, 0.29) is 0 Å². The van der Waals surface area contributed by atoms with E-state index in [2.05, 4.69) is 58.0 Å². The summed E-state index contributed by atoms with van der Waals surface area (Å²) in [6.45, 7) is 8.99. The Kier molecular flexibility index (Phi) is 8.77. The largest absolute Gasteiger partial charge is 0.119 e. The first-order chi connectivity index (χ1) is 9.65. The molecule has 0 spiro atoms. The van der Waals surface area contributed by atoms with E-state index < -0.39 is 0 Å². The summed E-state index contributed by atoms with van der Waals surface area (Å²) in [4.78, 5) is 1.40. The van der Waals surface area contributed by atoms with Gasteiger partial charge in [-0.15, -0.1) is 11.8 Å². The SMILES string of the molecule is CCCC/C(C)=C/C(CCCC)Sc1ccc(C)cc1. The molecule has 1 unspecified atom stereocenters. The van der Waals surface area contributed by atoms with E-state index in [9.17, 15) is 0 Å². The van der Waals surface area contributed by atoms with Crippen LogP contribution in [0.1, 0.15) is 64.9 Å². The maximum Gasteiger partial charge on any atom is 0.0276 e. The van der Waals surface area contributed by atoms with E-state index in [1.807, 2.05) is 11.8 Å². The van der Waals surface area contributed by atoms with Gasteiger partial charge in [0.05, 0.1) is 0 Å². The van der Waals surface area contributed by atoms with Crippen molar-refractivity contribution in [3.05, 3.63) is 41.5 Å². The highest BCUT2D eigenvalue weighted by atomic mass is 32.2. The van der Waals surface area contributed by atoms with Crippen LogP contribution < -0.4 is 0 Å². The lowest BCUT2D eigenvalue weighted by molar-refractivity contribution is 0.729. The molecule has 1 aromatic rings. The minimum absolute atomic E-state index is 0.634. The average molecular weight is 291 g/mol. The van der Waals surface area contributed by atoms with Crippen molar-refractivity contribution in [1.29, 1.82) is 0 Å². The molecule has 0 N–H and O–H groups in total. The van der Waals surface area contributed by atoms with E-state index >= 15 is 0 Å². The van der Waals surface area contributed by atoms with Crippen molar-refractivity contribution < 1.29 is 0 Å². The van der Waals surface area contributed by atoms with Crippen LogP contribution in [0.15, 0.2) is 40.8 Å². The van der Waals surface area contributed by atoms with Gasteiger partial charge in [-0.05, 0) is 45.2 Å². The van der Waals surface area contributed by atoms with Gasteiger partial charge in [-0.1, -0.05) is 62.5 Å². The Balaban J connectivity index is 2.65. The van der Waals surface area contributed by atoms with E-state index in [0.717, 1.165) is 0 Å². The Bertz CT molecular complexity index is 389. The molecule has 0 saturated carbocycles. The standard InChI is InChI=1S/C19H30S/c1-5-7-9-17(4)15-19(10-8-6-2)20-18-13-11-16(3)12-14-18/h11-15,19H,5-10H2,1-4H3/b17-15+. The van der Waals surface area contributed by atoms with Gasteiger partial charge in [-0.25, -0.2) is 0 Å². The fourth-order valence-corrected chi connectivity index (χ4v) is 3.46. The Morgan fingerprint density at radius 3 is 2.35 bits per heavy atom. The summed E-state index contributed by atoms with van der Waals surface area (Å²) in [6, 6.07) is 8.95. The summed E-state index contributed by atoms with van der Waals surface area (Å²) in [5, 5.41) is 0.634. The molecule has 1 heteroatoms. The van der Waals surface area contributed by atoms with E-state index in [1.54, 1.807) is 5.57 Å². The number of hydrogen-bond acceptors (Lipinski definition) is 1. The van der Waals surface area contributed by atoms with Gasteiger partial charge < -0.3 is 0 Å². The predicted molar refractivity (Wildman–Crippen MR) is 93.6 cm³/mol. The highest BCUT2D eigenvalue weighted by molar-refractivity contribution is 8.00. The lowest BCUT2D eigenvalue weighted by atomic mass is 10.1. The average Bonchev–Trinajstić information content (AvgIpc) is 2.45. The van der Waals surface area contributed by atoms with Gasteiger partial charge in [0.1, 0.15) is 0 Å². The third-order valence-electron chi connectivity index (χ3n) is 3.55. The van der Waals surface area contributed by atoms with E-state index in [1.165, 1.54) is 49.0 Å². The van der Waals surface area contributed by atoms with Crippen LogP contribution in [0.2, 0.25) is 0 Å². The van der Waals surface area contributed by atoms with Gasteiger partial charge in [0.25, 0.3) is 0 Å². The molecule has 1 rings (SSSR count). The lowest BCUT2D eigenvalue weighted by Gasteiger charge is -2.14.